The van der Waals surface area contributed by atoms with Crippen molar-refractivity contribution < 1.29 is 14.3 Å². The second-order valence-corrected chi connectivity index (χ2v) is 7.36. The van der Waals surface area contributed by atoms with E-state index in [2.05, 4.69) is 24.1 Å². The van der Waals surface area contributed by atoms with Crippen LogP contribution in [0.3, 0.4) is 0 Å². The molecule has 4 nitrogen and oxygen atoms in total. The van der Waals surface area contributed by atoms with Gasteiger partial charge in [0.15, 0.2) is 17.6 Å². The van der Waals surface area contributed by atoms with Gasteiger partial charge >= 0.3 is 0 Å². The number of ether oxygens (including phenoxy) is 2. The first kappa shape index (κ1) is 12.9. The third-order valence-corrected chi connectivity index (χ3v) is 6.72. The van der Waals surface area contributed by atoms with Gasteiger partial charge in [0.2, 0.25) is 0 Å². The summed E-state index contributed by atoms with van der Waals surface area (Å²) in [6, 6.07) is 0.513. The number of methoxy groups -OCH3 is 1. The van der Waals surface area contributed by atoms with Crippen LogP contribution in [0.4, 0.5) is 0 Å². The highest BCUT2D eigenvalue weighted by Crippen LogP contribution is 2.66. The standard InChI is InChI=1S/C18H21NO3/c1-19-8-7-18-11-4-5-13(20)17(18)22-16-14(21-2)6-3-10(15(16)18)9-12(11)19/h3-6,10-12,15,17H,7-9H2,1-2H3/t10?,11-,12-,15+,17+,18-/m1/s1. The topological polar surface area (TPSA) is 38.8 Å². The van der Waals surface area contributed by atoms with E-state index in [0.29, 0.717) is 23.8 Å². The van der Waals surface area contributed by atoms with Gasteiger partial charge in [0, 0.05) is 23.3 Å². The lowest BCUT2D eigenvalue weighted by molar-refractivity contribution is -0.140. The fraction of sp³-hybridized carbons (Fsp3) is 0.611. The van der Waals surface area contributed by atoms with Gasteiger partial charge in [-0.05, 0) is 44.5 Å². The third kappa shape index (κ3) is 1.27. The Morgan fingerprint density at radius 3 is 3.05 bits per heavy atom. The molecule has 0 aromatic heterocycles. The Hall–Kier alpha value is -1.55. The molecular formula is C18H21NO3. The third-order valence-electron chi connectivity index (χ3n) is 6.72. The second kappa shape index (κ2) is 4.05. The lowest BCUT2D eigenvalue weighted by Crippen LogP contribution is -2.64. The summed E-state index contributed by atoms with van der Waals surface area (Å²) >= 11 is 0. The molecule has 116 valence electrons. The number of nitrogens with zero attached hydrogens (tertiary/aromatic N) is 1. The first-order valence-electron chi connectivity index (χ1n) is 8.22. The van der Waals surface area contributed by atoms with E-state index in [0.717, 1.165) is 30.9 Å². The molecule has 1 saturated carbocycles. The van der Waals surface area contributed by atoms with E-state index in [9.17, 15) is 4.79 Å². The average Bonchev–Trinajstić information content (AvgIpc) is 2.88. The number of piperidine rings is 1. The van der Waals surface area contributed by atoms with Crippen molar-refractivity contribution in [1.82, 2.24) is 4.90 Å². The summed E-state index contributed by atoms with van der Waals surface area (Å²) in [5.41, 5.74) is -0.0597. The molecule has 3 aliphatic carbocycles. The SMILES string of the molecule is COC1=C2O[C@H]3C(=O)C=C[C@@H]4[C@H]5CC(C=C1)[C@@H]2[C@@]43CCN5C. The van der Waals surface area contributed by atoms with E-state index in [1.807, 2.05) is 6.08 Å². The molecule has 2 bridgehead atoms. The maximum atomic E-state index is 12.6. The van der Waals surface area contributed by atoms with Gasteiger partial charge in [-0.1, -0.05) is 12.2 Å². The van der Waals surface area contributed by atoms with Crippen LogP contribution in [0.5, 0.6) is 0 Å². The number of likely N-dealkylation sites (tertiary alicyclic amines) is 1. The molecule has 2 saturated heterocycles. The van der Waals surface area contributed by atoms with Gasteiger partial charge in [0.05, 0.1) is 7.11 Å². The molecule has 3 fully saturated rings. The minimum atomic E-state index is -0.313. The minimum absolute atomic E-state index is 0.0597. The van der Waals surface area contributed by atoms with Crippen molar-refractivity contribution in [3.63, 3.8) is 0 Å². The highest BCUT2D eigenvalue weighted by molar-refractivity contribution is 5.96. The summed E-state index contributed by atoms with van der Waals surface area (Å²) in [5.74, 6) is 3.07. The van der Waals surface area contributed by atoms with Crippen molar-refractivity contribution in [2.24, 2.45) is 23.2 Å². The largest absolute Gasteiger partial charge is 0.493 e. The van der Waals surface area contributed by atoms with E-state index in [1.54, 1.807) is 13.2 Å². The molecule has 22 heavy (non-hydrogen) atoms. The van der Waals surface area contributed by atoms with Crippen molar-refractivity contribution >= 4 is 5.78 Å². The number of allylic oxidation sites excluding steroid dienone is 3. The fourth-order valence-corrected chi connectivity index (χ4v) is 5.83. The van der Waals surface area contributed by atoms with Crippen LogP contribution in [0.25, 0.3) is 0 Å². The van der Waals surface area contributed by atoms with Crippen LogP contribution in [-0.2, 0) is 14.3 Å². The van der Waals surface area contributed by atoms with Crippen LogP contribution in [0.1, 0.15) is 12.8 Å². The van der Waals surface area contributed by atoms with E-state index in [4.69, 9.17) is 9.47 Å². The van der Waals surface area contributed by atoms with Gasteiger partial charge in [0.25, 0.3) is 0 Å². The zero-order valence-electron chi connectivity index (χ0n) is 13.0. The lowest BCUT2D eigenvalue weighted by atomic mass is 9.48. The number of hydrogen-bond donors (Lipinski definition) is 0. The van der Waals surface area contributed by atoms with Crippen molar-refractivity contribution in [2.45, 2.75) is 25.0 Å². The normalized spacial score (nSPS) is 48.3. The van der Waals surface area contributed by atoms with Gasteiger partial charge < -0.3 is 14.4 Å². The summed E-state index contributed by atoms with van der Waals surface area (Å²) in [7, 11) is 3.91. The van der Waals surface area contributed by atoms with E-state index >= 15 is 0 Å². The molecule has 2 heterocycles. The highest BCUT2D eigenvalue weighted by atomic mass is 16.5. The van der Waals surface area contributed by atoms with Crippen LogP contribution in [0.15, 0.2) is 35.8 Å². The lowest BCUT2D eigenvalue weighted by Gasteiger charge is -2.59. The van der Waals surface area contributed by atoms with E-state index < -0.39 is 0 Å². The molecule has 0 amide bonds. The maximum absolute atomic E-state index is 12.6. The van der Waals surface area contributed by atoms with Crippen molar-refractivity contribution in [1.29, 1.82) is 0 Å². The minimum Gasteiger partial charge on any atom is -0.493 e. The summed E-state index contributed by atoms with van der Waals surface area (Å²) < 4.78 is 11.8. The number of carbonyl (C=O) groups is 1. The molecule has 2 aliphatic heterocycles. The molecule has 0 radical (unpaired) electrons. The number of rotatable bonds is 1. The van der Waals surface area contributed by atoms with Crippen LogP contribution in [0, 0.1) is 23.2 Å². The predicted molar refractivity (Wildman–Crippen MR) is 80.8 cm³/mol. The van der Waals surface area contributed by atoms with E-state index in [-0.39, 0.29) is 17.3 Å². The fourth-order valence-electron chi connectivity index (χ4n) is 5.83. The average molecular weight is 299 g/mol. The van der Waals surface area contributed by atoms with Crippen molar-refractivity contribution in [2.75, 3.05) is 20.7 Å². The first-order valence-corrected chi connectivity index (χ1v) is 8.22. The monoisotopic (exact) mass is 299 g/mol. The number of ketones is 1. The zero-order chi connectivity index (χ0) is 15.1. The molecule has 5 aliphatic rings. The van der Waals surface area contributed by atoms with Gasteiger partial charge in [-0.3, -0.25) is 4.79 Å². The molecular weight excluding hydrogens is 278 g/mol. The molecule has 5 rings (SSSR count). The Morgan fingerprint density at radius 2 is 2.23 bits per heavy atom. The smallest absolute Gasteiger partial charge is 0.196 e. The van der Waals surface area contributed by atoms with Gasteiger partial charge in [-0.2, -0.15) is 0 Å². The van der Waals surface area contributed by atoms with Gasteiger partial charge in [0.1, 0.15) is 5.76 Å². The molecule has 1 spiro atoms. The summed E-state index contributed by atoms with van der Waals surface area (Å²) in [6.45, 7) is 1.05. The van der Waals surface area contributed by atoms with Crippen molar-refractivity contribution in [3.8, 4) is 0 Å². The Kier molecular flexibility index (Phi) is 2.38. The molecule has 1 unspecified atom stereocenters. The second-order valence-electron chi connectivity index (χ2n) is 7.36. The number of hydrogen-bond acceptors (Lipinski definition) is 4. The molecule has 0 aromatic rings. The van der Waals surface area contributed by atoms with Crippen LogP contribution in [0.2, 0.25) is 0 Å². The Labute approximate surface area is 130 Å². The summed E-state index contributed by atoms with van der Waals surface area (Å²) in [6.07, 6.45) is 10.1. The van der Waals surface area contributed by atoms with Gasteiger partial charge in [-0.15, -0.1) is 0 Å². The first-order chi connectivity index (χ1) is 10.7. The Balaban J connectivity index is 1.75. The number of carbonyl (C=O) groups excluding carboxylic acids is 1. The van der Waals surface area contributed by atoms with Crippen LogP contribution < -0.4 is 0 Å². The van der Waals surface area contributed by atoms with Crippen LogP contribution in [-0.4, -0.2) is 43.5 Å². The van der Waals surface area contributed by atoms with E-state index in [1.165, 1.54) is 0 Å². The Bertz CT molecular complexity index is 649. The Morgan fingerprint density at radius 1 is 1.36 bits per heavy atom. The molecule has 0 N–H and O–H groups in total. The highest BCUT2D eigenvalue weighted by Gasteiger charge is 2.69. The molecule has 6 atom stereocenters. The molecule has 0 aromatic carbocycles. The van der Waals surface area contributed by atoms with Crippen molar-refractivity contribution in [3.05, 3.63) is 35.8 Å². The van der Waals surface area contributed by atoms with Crippen LogP contribution >= 0.6 is 0 Å². The quantitative estimate of drug-likeness (QED) is 0.741. The predicted octanol–water partition coefficient (Wildman–Crippen LogP) is 1.89. The summed E-state index contributed by atoms with van der Waals surface area (Å²) in [4.78, 5) is 15.0. The van der Waals surface area contributed by atoms with Gasteiger partial charge in [-0.25, -0.2) is 0 Å². The summed E-state index contributed by atoms with van der Waals surface area (Å²) in [5, 5.41) is 0. The molecule has 4 heteroatoms. The zero-order valence-corrected chi connectivity index (χ0v) is 13.0. The maximum Gasteiger partial charge on any atom is 0.196 e.